The van der Waals surface area contributed by atoms with E-state index in [4.69, 9.17) is 4.74 Å². The van der Waals surface area contributed by atoms with E-state index in [0.29, 0.717) is 24.5 Å². The number of hydrogen-bond acceptors (Lipinski definition) is 3. The number of halogens is 3. The zero-order chi connectivity index (χ0) is 19.4. The molecule has 0 aliphatic carbocycles. The van der Waals surface area contributed by atoms with Crippen LogP contribution in [0, 0.1) is 0 Å². The van der Waals surface area contributed by atoms with Gasteiger partial charge in [-0.2, -0.15) is 13.2 Å². The molecule has 2 aromatic carbocycles. The van der Waals surface area contributed by atoms with Gasteiger partial charge in [0.05, 0.1) is 5.56 Å². The first-order valence-corrected chi connectivity index (χ1v) is 8.08. The van der Waals surface area contributed by atoms with Gasteiger partial charge in [0.25, 0.3) is 5.91 Å². The third-order valence-corrected chi connectivity index (χ3v) is 3.85. The third kappa shape index (κ3) is 4.69. The number of rotatable bonds is 5. The van der Waals surface area contributed by atoms with E-state index in [1.807, 2.05) is 0 Å². The van der Waals surface area contributed by atoms with Crippen LogP contribution in [-0.2, 0) is 11.0 Å². The molecule has 2 N–H and O–H groups in total. The van der Waals surface area contributed by atoms with Gasteiger partial charge in [-0.25, -0.2) is 4.79 Å². The van der Waals surface area contributed by atoms with Crippen LogP contribution in [0.15, 0.2) is 48.5 Å². The molecule has 0 saturated carbocycles. The summed E-state index contributed by atoms with van der Waals surface area (Å²) in [5, 5.41) is 5.31. The lowest BCUT2D eigenvalue weighted by molar-refractivity contribution is -0.137. The predicted octanol–water partition coefficient (Wildman–Crippen LogP) is 3.25. The van der Waals surface area contributed by atoms with Crippen molar-refractivity contribution < 1.29 is 27.5 Å². The molecule has 1 heterocycles. The molecule has 0 radical (unpaired) electrons. The summed E-state index contributed by atoms with van der Waals surface area (Å²) in [6, 6.07) is 10.6. The standard InChI is InChI=1S/C18H16F3N3O3/c19-18(20,21)12-4-6-15(7-5-12)27-11-16(25)23-13-2-1-3-14(10-13)24-9-8-22-17(24)26/h1-7,10H,8-9,11H2,(H,22,26)(H,23,25). The number of ether oxygens (including phenoxy) is 1. The molecule has 142 valence electrons. The molecule has 3 amide bonds. The molecular formula is C18H16F3N3O3. The molecule has 0 bridgehead atoms. The SMILES string of the molecule is O=C(COc1ccc(C(F)(F)F)cc1)Nc1cccc(N2CCNC2=O)c1. The molecule has 0 spiro atoms. The van der Waals surface area contributed by atoms with Crippen molar-refractivity contribution in [1.29, 1.82) is 0 Å². The van der Waals surface area contributed by atoms with Gasteiger partial charge in [0.1, 0.15) is 5.75 Å². The van der Waals surface area contributed by atoms with Crippen LogP contribution < -0.4 is 20.3 Å². The maximum absolute atomic E-state index is 12.5. The van der Waals surface area contributed by atoms with E-state index in [1.54, 1.807) is 29.2 Å². The normalized spacial score (nSPS) is 14.0. The lowest BCUT2D eigenvalue weighted by Crippen LogP contribution is -2.27. The van der Waals surface area contributed by atoms with Gasteiger partial charge in [0.2, 0.25) is 0 Å². The van der Waals surface area contributed by atoms with E-state index in [0.717, 1.165) is 24.3 Å². The first-order chi connectivity index (χ1) is 12.8. The van der Waals surface area contributed by atoms with Crippen molar-refractivity contribution in [3.8, 4) is 5.75 Å². The molecule has 6 nitrogen and oxygen atoms in total. The maximum atomic E-state index is 12.5. The van der Waals surface area contributed by atoms with Crippen LogP contribution in [-0.4, -0.2) is 31.6 Å². The molecule has 0 aromatic heterocycles. The Morgan fingerprint density at radius 2 is 1.93 bits per heavy atom. The molecule has 0 unspecified atom stereocenters. The Bertz CT molecular complexity index is 838. The van der Waals surface area contributed by atoms with Crippen molar-refractivity contribution in [2.24, 2.45) is 0 Å². The molecule has 1 aliphatic rings. The van der Waals surface area contributed by atoms with Gasteiger partial charge in [0, 0.05) is 24.5 Å². The summed E-state index contributed by atoms with van der Waals surface area (Å²) in [6.07, 6.45) is -4.42. The van der Waals surface area contributed by atoms with Crippen molar-refractivity contribution >= 4 is 23.3 Å². The largest absolute Gasteiger partial charge is 0.484 e. The van der Waals surface area contributed by atoms with Gasteiger partial charge in [-0.3, -0.25) is 9.69 Å². The molecule has 27 heavy (non-hydrogen) atoms. The Morgan fingerprint density at radius 1 is 1.19 bits per heavy atom. The van der Waals surface area contributed by atoms with E-state index in [-0.39, 0.29) is 18.4 Å². The first kappa shape index (κ1) is 18.6. The van der Waals surface area contributed by atoms with E-state index in [1.165, 1.54) is 0 Å². The topological polar surface area (TPSA) is 70.7 Å². The van der Waals surface area contributed by atoms with Crippen molar-refractivity contribution in [2.75, 3.05) is 29.9 Å². The van der Waals surface area contributed by atoms with E-state index in [9.17, 15) is 22.8 Å². The molecule has 0 atom stereocenters. The van der Waals surface area contributed by atoms with Crippen molar-refractivity contribution in [2.45, 2.75) is 6.18 Å². The second kappa shape index (κ2) is 7.56. The molecule has 2 aromatic rings. The lowest BCUT2D eigenvalue weighted by Gasteiger charge is -2.15. The fourth-order valence-electron chi connectivity index (χ4n) is 2.56. The van der Waals surface area contributed by atoms with Gasteiger partial charge in [-0.1, -0.05) is 6.07 Å². The summed E-state index contributed by atoms with van der Waals surface area (Å²) in [4.78, 5) is 25.2. The Morgan fingerprint density at radius 3 is 2.56 bits per heavy atom. The zero-order valence-corrected chi connectivity index (χ0v) is 14.0. The summed E-state index contributed by atoms with van der Waals surface area (Å²) in [5.41, 5.74) is 0.335. The van der Waals surface area contributed by atoms with Crippen LogP contribution in [0.1, 0.15) is 5.56 Å². The van der Waals surface area contributed by atoms with Crippen LogP contribution in [0.3, 0.4) is 0 Å². The highest BCUT2D eigenvalue weighted by molar-refractivity contribution is 5.96. The predicted molar refractivity (Wildman–Crippen MR) is 92.8 cm³/mol. The number of hydrogen-bond donors (Lipinski definition) is 2. The highest BCUT2D eigenvalue weighted by atomic mass is 19.4. The molecule has 9 heteroatoms. The molecule has 3 rings (SSSR count). The van der Waals surface area contributed by atoms with Crippen LogP contribution >= 0.6 is 0 Å². The number of amides is 3. The minimum absolute atomic E-state index is 0.153. The monoisotopic (exact) mass is 379 g/mol. The Labute approximate surface area is 152 Å². The Hall–Kier alpha value is -3.23. The van der Waals surface area contributed by atoms with Gasteiger partial charge in [-0.15, -0.1) is 0 Å². The van der Waals surface area contributed by atoms with Gasteiger partial charge < -0.3 is 15.4 Å². The number of benzene rings is 2. The van der Waals surface area contributed by atoms with E-state index in [2.05, 4.69) is 10.6 Å². The molecule has 1 aliphatic heterocycles. The Balaban J connectivity index is 1.56. The number of nitrogens with zero attached hydrogens (tertiary/aromatic N) is 1. The number of urea groups is 1. The fourth-order valence-corrected chi connectivity index (χ4v) is 2.56. The van der Waals surface area contributed by atoms with Crippen LogP contribution in [0.5, 0.6) is 5.75 Å². The first-order valence-electron chi connectivity index (χ1n) is 8.08. The summed E-state index contributed by atoms with van der Waals surface area (Å²) >= 11 is 0. The summed E-state index contributed by atoms with van der Waals surface area (Å²) < 4.78 is 42.7. The summed E-state index contributed by atoms with van der Waals surface area (Å²) in [6.45, 7) is 0.726. The van der Waals surface area contributed by atoms with Gasteiger partial charge in [0.15, 0.2) is 6.61 Å². The average molecular weight is 379 g/mol. The average Bonchev–Trinajstić information content (AvgIpc) is 3.06. The number of carbonyl (C=O) groups is 2. The van der Waals surface area contributed by atoms with Gasteiger partial charge in [-0.05, 0) is 42.5 Å². The maximum Gasteiger partial charge on any atom is 0.416 e. The van der Waals surface area contributed by atoms with Crippen molar-refractivity contribution in [3.05, 3.63) is 54.1 Å². The minimum atomic E-state index is -4.42. The van der Waals surface area contributed by atoms with E-state index < -0.39 is 17.6 Å². The molecular weight excluding hydrogens is 363 g/mol. The Kier molecular flexibility index (Phi) is 5.20. The number of alkyl halides is 3. The van der Waals surface area contributed by atoms with Crippen molar-refractivity contribution in [1.82, 2.24) is 5.32 Å². The van der Waals surface area contributed by atoms with Crippen LogP contribution in [0.25, 0.3) is 0 Å². The smallest absolute Gasteiger partial charge is 0.416 e. The summed E-state index contributed by atoms with van der Waals surface area (Å²) in [5.74, 6) is -0.321. The highest BCUT2D eigenvalue weighted by Gasteiger charge is 2.30. The lowest BCUT2D eigenvalue weighted by atomic mass is 10.2. The third-order valence-electron chi connectivity index (χ3n) is 3.85. The summed E-state index contributed by atoms with van der Waals surface area (Å²) in [7, 11) is 0. The highest BCUT2D eigenvalue weighted by Crippen LogP contribution is 2.30. The van der Waals surface area contributed by atoms with E-state index >= 15 is 0 Å². The van der Waals surface area contributed by atoms with Crippen molar-refractivity contribution in [3.63, 3.8) is 0 Å². The zero-order valence-electron chi connectivity index (χ0n) is 14.0. The van der Waals surface area contributed by atoms with Crippen LogP contribution in [0.2, 0.25) is 0 Å². The quantitative estimate of drug-likeness (QED) is 0.838. The molecule has 1 fully saturated rings. The van der Waals surface area contributed by atoms with Crippen LogP contribution in [0.4, 0.5) is 29.3 Å². The number of anilines is 2. The second-order valence-corrected chi connectivity index (χ2v) is 5.79. The van der Waals surface area contributed by atoms with Gasteiger partial charge >= 0.3 is 12.2 Å². The number of nitrogens with one attached hydrogen (secondary N) is 2. The second-order valence-electron chi connectivity index (χ2n) is 5.79. The number of carbonyl (C=O) groups excluding carboxylic acids is 2. The fraction of sp³-hybridized carbons (Fsp3) is 0.222. The minimum Gasteiger partial charge on any atom is -0.484 e. The molecule has 1 saturated heterocycles.